The maximum absolute atomic E-state index is 12.2. The molecule has 1 aliphatic rings. The molecular formula is C15H23ClN4O. The zero-order valence-corrected chi connectivity index (χ0v) is 12.9. The van der Waals surface area contributed by atoms with E-state index >= 15 is 0 Å². The molecule has 1 heterocycles. The van der Waals surface area contributed by atoms with Gasteiger partial charge < -0.3 is 16.4 Å². The molecule has 5 nitrogen and oxygen atoms in total. The lowest BCUT2D eigenvalue weighted by molar-refractivity contribution is -0.133. The first-order valence-electron chi connectivity index (χ1n) is 7.05. The van der Waals surface area contributed by atoms with Crippen LogP contribution in [0.3, 0.4) is 0 Å². The Labute approximate surface area is 131 Å². The largest absolute Gasteiger partial charge is 0.384 e. The lowest BCUT2D eigenvalue weighted by Crippen LogP contribution is -2.46. The van der Waals surface area contributed by atoms with Gasteiger partial charge in [0.25, 0.3) is 0 Å². The zero-order valence-electron chi connectivity index (χ0n) is 12.0. The highest BCUT2D eigenvalue weighted by atomic mass is 35.5. The van der Waals surface area contributed by atoms with Gasteiger partial charge in [0.1, 0.15) is 5.84 Å². The van der Waals surface area contributed by atoms with E-state index in [1.165, 1.54) is 6.42 Å². The number of nitrogen functional groups attached to an aromatic ring is 1. The summed E-state index contributed by atoms with van der Waals surface area (Å²) in [6.45, 7) is 1.66. The first-order valence-corrected chi connectivity index (χ1v) is 7.05. The quantitative estimate of drug-likeness (QED) is 0.577. The summed E-state index contributed by atoms with van der Waals surface area (Å²) in [6, 6.07) is 6.84. The predicted octanol–water partition coefficient (Wildman–Crippen LogP) is 1.27. The number of nitrogens with two attached hydrogens (primary N) is 2. The van der Waals surface area contributed by atoms with E-state index in [0.29, 0.717) is 12.0 Å². The van der Waals surface area contributed by atoms with Crippen molar-refractivity contribution in [2.24, 2.45) is 11.5 Å². The Kier molecular flexibility index (Phi) is 6.65. The molecule has 0 bridgehead atoms. The van der Waals surface area contributed by atoms with E-state index in [2.05, 4.69) is 0 Å². The summed E-state index contributed by atoms with van der Waals surface area (Å²) in [5.41, 5.74) is 13.1. The molecule has 6 heteroatoms. The molecule has 1 saturated heterocycles. The van der Waals surface area contributed by atoms with Crippen LogP contribution < -0.4 is 11.5 Å². The van der Waals surface area contributed by atoms with E-state index in [-0.39, 0.29) is 24.1 Å². The summed E-state index contributed by atoms with van der Waals surface area (Å²) >= 11 is 0. The van der Waals surface area contributed by atoms with Crippen LogP contribution in [0.4, 0.5) is 0 Å². The maximum atomic E-state index is 12.2. The van der Waals surface area contributed by atoms with E-state index in [1.807, 2.05) is 17.0 Å². The van der Waals surface area contributed by atoms with Crippen molar-refractivity contribution in [1.82, 2.24) is 4.90 Å². The molecule has 1 fully saturated rings. The SMILES string of the molecule is Cl.N=C(N)c1ccc(C[C@@H](N)C(=O)N2CCCCC2)cc1. The molecule has 0 spiro atoms. The first-order chi connectivity index (χ1) is 9.58. The van der Waals surface area contributed by atoms with Gasteiger partial charge in [0.2, 0.25) is 5.91 Å². The van der Waals surface area contributed by atoms with E-state index in [9.17, 15) is 4.79 Å². The Morgan fingerprint density at radius 2 is 1.76 bits per heavy atom. The Balaban J connectivity index is 0.00000220. The van der Waals surface area contributed by atoms with Gasteiger partial charge in [-0.3, -0.25) is 10.2 Å². The van der Waals surface area contributed by atoms with E-state index in [4.69, 9.17) is 16.9 Å². The molecule has 1 atom stereocenters. The number of likely N-dealkylation sites (tertiary alicyclic amines) is 1. The molecule has 2 rings (SSSR count). The maximum Gasteiger partial charge on any atom is 0.239 e. The number of nitrogens with one attached hydrogen (secondary N) is 1. The normalized spacial score (nSPS) is 16.0. The minimum Gasteiger partial charge on any atom is -0.384 e. The Morgan fingerprint density at radius 1 is 1.19 bits per heavy atom. The second-order valence-electron chi connectivity index (χ2n) is 5.31. The van der Waals surface area contributed by atoms with Gasteiger partial charge in [-0.15, -0.1) is 12.4 Å². The number of rotatable bonds is 4. The molecule has 0 unspecified atom stereocenters. The number of benzene rings is 1. The Bertz CT molecular complexity index is 483. The van der Waals surface area contributed by atoms with Crippen LogP contribution in [-0.2, 0) is 11.2 Å². The average Bonchev–Trinajstić information content (AvgIpc) is 2.48. The smallest absolute Gasteiger partial charge is 0.239 e. The number of amidine groups is 1. The van der Waals surface area contributed by atoms with Gasteiger partial charge in [-0.2, -0.15) is 0 Å². The highest BCUT2D eigenvalue weighted by molar-refractivity contribution is 5.94. The topological polar surface area (TPSA) is 96.2 Å². The minimum absolute atomic E-state index is 0. The summed E-state index contributed by atoms with van der Waals surface area (Å²) < 4.78 is 0. The number of halogens is 1. The fraction of sp³-hybridized carbons (Fsp3) is 0.467. The minimum atomic E-state index is -0.490. The lowest BCUT2D eigenvalue weighted by Gasteiger charge is -2.29. The van der Waals surface area contributed by atoms with Crippen molar-refractivity contribution < 1.29 is 4.79 Å². The van der Waals surface area contributed by atoms with Crippen molar-refractivity contribution in [2.45, 2.75) is 31.7 Å². The summed E-state index contributed by atoms with van der Waals surface area (Å²) in [4.78, 5) is 14.1. The van der Waals surface area contributed by atoms with Crippen LogP contribution in [-0.4, -0.2) is 35.8 Å². The Morgan fingerprint density at radius 3 is 2.29 bits per heavy atom. The second-order valence-corrected chi connectivity index (χ2v) is 5.31. The molecule has 0 saturated carbocycles. The molecule has 1 aliphatic heterocycles. The number of nitrogens with zero attached hydrogens (tertiary/aromatic N) is 1. The number of piperidine rings is 1. The summed E-state index contributed by atoms with van der Waals surface area (Å²) in [6.07, 6.45) is 3.87. The summed E-state index contributed by atoms with van der Waals surface area (Å²) in [5.74, 6) is 0.0885. The molecule has 1 aromatic carbocycles. The van der Waals surface area contributed by atoms with Crippen LogP contribution in [0.15, 0.2) is 24.3 Å². The predicted molar refractivity (Wildman–Crippen MR) is 86.8 cm³/mol. The van der Waals surface area contributed by atoms with Gasteiger partial charge in [-0.25, -0.2) is 0 Å². The van der Waals surface area contributed by atoms with E-state index in [0.717, 1.165) is 31.5 Å². The zero-order chi connectivity index (χ0) is 14.5. The van der Waals surface area contributed by atoms with Crippen LogP contribution in [0.1, 0.15) is 30.4 Å². The molecule has 5 N–H and O–H groups in total. The summed E-state index contributed by atoms with van der Waals surface area (Å²) in [5, 5.41) is 7.34. The van der Waals surface area contributed by atoms with Crippen molar-refractivity contribution >= 4 is 24.1 Å². The van der Waals surface area contributed by atoms with E-state index < -0.39 is 6.04 Å². The molecule has 0 aromatic heterocycles. The molecule has 21 heavy (non-hydrogen) atoms. The molecule has 1 amide bonds. The first kappa shape index (κ1) is 17.5. The van der Waals surface area contributed by atoms with Gasteiger partial charge in [-0.1, -0.05) is 24.3 Å². The molecule has 0 aliphatic carbocycles. The number of carbonyl (C=O) groups excluding carboxylic acids is 1. The van der Waals surface area contributed by atoms with Crippen molar-refractivity contribution in [3.63, 3.8) is 0 Å². The number of amides is 1. The van der Waals surface area contributed by atoms with E-state index in [1.54, 1.807) is 12.1 Å². The monoisotopic (exact) mass is 310 g/mol. The molecule has 116 valence electrons. The molecule has 1 aromatic rings. The number of carbonyl (C=O) groups is 1. The highest BCUT2D eigenvalue weighted by Crippen LogP contribution is 2.12. The van der Waals surface area contributed by atoms with Crippen molar-refractivity contribution in [3.8, 4) is 0 Å². The van der Waals surface area contributed by atoms with Gasteiger partial charge >= 0.3 is 0 Å². The van der Waals surface area contributed by atoms with Crippen LogP contribution in [0.5, 0.6) is 0 Å². The van der Waals surface area contributed by atoms with Crippen LogP contribution >= 0.6 is 12.4 Å². The van der Waals surface area contributed by atoms with Crippen LogP contribution in [0.25, 0.3) is 0 Å². The summed E-state index contributed by atoms with van der Waals surface area (Å²) in [7, 11) is 0. The van der Waals surface area contributed by atoms with Gasteiger partial charge in [0, 0.05) is 18.7 Å². The number of hydrogen-bond acceptors (Lipinski definition) is 3. The molecular weight excluding hydrogens is 288 g/mol. The third kappa shape index (κ3) is 4.72. The fourth-order valence-corrected chi connectivity index (χ4v) is 2.51. The third-order valence-corrected chi connectivity index (χ3v) is 3.71. The van der Waals surface area contributed by atoms with Crippen LogP contribution in [0.2, 0.25) is 0 Å². The van der Waals surface area contributed by atoms with Crippen molar-refractivity contribution in [2.75, 3.05) is 13.1 Å². The Hall–Kier alpha value is -1.59. The van der Waals surface area contributed by atoms with Crippen molar-refractivity contribution in [3.05, 3.63) is 35.4 Å². The molecule has 0 radical (unpaired) electrons. The lowest BCUT2D eigenvalue weighted by atomic mass is 10.0. The van der Waals surface area contributed by atoms with Gasteiger partial charge in [0.15, 0.2) is 0 Å². The van der Waals surface area contributed by atoms with Gasteiger partial charge in [-0.05, 0) is 31.2 Å². The second kappa shape index (κ2) is 8.00. The fourth-order valence-electron chi connectivity index (χ4n) is 2.51. The van der Waals surface area contributed by atoms with Crippen LogP contribution in [0, 0.1) is 5.41 Å². The highest BCUT2D eigenvalue weighted by Gasteiger charge is 2.22. The number of hydrogen-bond donors (Lipinski definition) is 3. The van der Waals surface area contributed by atoms with Crippen molar-refractivity contribution in [1.29, 1.82) is 5.41 Å². The standard InChI is InChI=1S/C15H22N4O.ClH/c16-13(15(20)19-8-2-1-3-9-19)10-11-4-6-12(7-5-11)14(17)18;/h4-7,13H,1-3,8-10,16H2,(H3,17,18);1H/t13-;/m1./s1. The van der Waals surface area contributed by atoms with Gasteiger partial charge in [0.05, 0.1) is 6.04 Å². The average molecular weight is 311 g/mol. The third-order valence-electron chi connectivity index (χ3n) is 3.71.